The summed E-state index contributed by atoms with van der Waals surface area (Å²) < 4.78 is 0. The molecule has 1 aromatic rings. The molecule has 1 saturated heterocycles. The van der Waals surface area contributed by atoms with Crippen LogP contribution in [0.1, 0.15) is 36.0 Å². The molecule has 0 aliphatic carbocycles. The molecule has 92 valence electrons. The third-order valence-electron chi connectivity index (χ3n) is 4.08. The molecule has 1 aromatic carbocycles. The van der Waals surface area contributed by atoms with Crippen LogP contribution in [0.15, 0.2) is 18.2 Å². The van der Waals surface area contributed by atoms with Gasteiger partial charge in [-0.15, -0.1) is 0 Å². The molecule has 1 fully saturated rings. The van der Waals surface area contributed by atoms with Gasteiger partial charge in [-0.1, -0.05) is 24.6 Å². The highest BCUT2D eigenvalue weighted by molar-refractivity contribution is 5.37. The molecule has 2 aliphatic rings. The minimum atomic E-state index is 1.06. The van der Waals surface area contributed by atoms with Crippen LogP contribution in [0.2, 0.25) is 0 Å². The van der Waals surface area contributed by atoms with Crippen LogP contribution in [0.25, 0.3) is 0 Å². The molecule has 0 aromatic heterocycles. The van der Waals surface area contributed by atoms with Crippen molar-refractivity contribution in [3.63, 3.8) is 0 Å². The van der Waals surface area contributed by atoms with E-state index in [1.54, 1.807) is 11.1 Å². The lowest BCUT2D eigenvalue weighted by molar-refractivity contribution is 0.220. The zero-order chi connectivity index (χ0) is 11.5. The van der Waals surface area contributed by atoms with Gasteiger partial charge in [0.05, 0.1) is 0 Å². The molecule has 0 bridgehead atoms. The summed E-state index contributed by atoms with van der Waals surface area (Å²) in [7, 11) is 0. The van der Waals surface area contributed by atoms with Gasteiger partial charge in [0.15, 0.2) is 0 Å². The lowest BCUT2D eigenvalue weighted by atomic mass is 9.95. The Morgan fingerprint density at radius 2 is 2.00 bits per heavy atom. The fourth-order valence-electron chi connectivity index (χ4n) is 3.12. The molecule has 1 N–H and O–H groups in total. The van der Waals surface area contributed by atoms with E-state index in [4.69, 9.17) is 0 Å². The largest absolute Gasteiger partial charge is 0.312 e. The molecule has 2 aliphatic heterocycles. The Bertz CT molecular complexity index is 381. The van der Waals surface area contributed by atoms with Gasteiger partial charge in [0.2, 0.25) is 0 Å². The Kier molecular flexibility index (Phi) is 3.44. The van der Waals surface area contributed by atoms with Crippen LogP contribution in [0.3, 0.4) is 0 Å². The second kappa shape index (κ2) is 5.19. The first kappa shape index (κ1) is 11.2. The minimum Gasteiger partial charge on any atom is -0.312 e. The molecule has 17 heavy (non-hydrogen) atoms. The Morgan fingerprint density at radius 3 is 2.88 bits per heavy atom. The Balaban J connectivity index is 1.77. The second-order valence-electron chi connectivity index (χ2n) is 5.32. The van der Waals surface area contributed by atoms with E-state index in [9.17, 15) is 0 Å². The maximum Gasteiger partial charge on any atom is 0.0236 e. The number of piperidine rings is 1. The van der Waals surface area contributed by atoms with Crippen molar-refractivity contribution < 1.29 is 0 Å². The maximum absolute atomic E-state index is 3.46. The molecular formula is C15H22N2. The van der Waals surface area contributed by atoms with E-state index in [2.05, 4.69) is 28.4 Å². The van der Waals surface area contributed by atoms with Gasteiger partial charge >= 0.3 is 0 Å². The van der Waals surface area contributed by atoms with Gasteiger partial charge in [-0.2, -0.15) is 0 Å². The summed E-state index contributed by atoms with van der Waals surface area (Å²) in [6, 6.07) is 6.84. The van der Waals surface area contributed by atoms with Gasteiger partial charge in [0.1, 0.15) is 0 Å². The van der Waals surface area contributed by atoms with Crippen LogP contribution in [-0.4, -0.2) is 24.5 Å². The lowest BCUT2D eigenvalue weighted by Gasteiger charge is -2.28. The van der Waals surface area contributed by atoms with E-state index in [-0.39, 0.29) is 0 Å². The van der Waals surface area contributed by atoms with Crippen molar-refractivity contribution in [1.82, 2.24) is 10.2 Å². The highest BCUT2D eigenvalue weighted by Gasteiger charge is 2.15. The van der Waals surface area contributed by atoms with Gasteiger partial charge < -0.3 is 5.32 Å². The van der Waals surface area contributed by atoms with E-state index in [1.165, 1.54) is 50.9 Å². The normalized spacial score (nSPS) is 21.2. The van der Waals surface area contributed by atoms with Crippen molar-refractivity contribution in [1.29, 1.82) is 0 Å². The number of fused-ring (bicyclic) bond motifs is 1. The molecule has 0 amide bonds. The number of benzene rings is 1. The first-order valence-corrected chi connectivity index (χ1v) is 6.96. The van der Waals surface area contributed by atoms with E-state index < -0.39 is 0 Å². The summed E-state index contributed by atoms with van der Waals surface area (Å²) in [4.78, 5) is 2.63. The van der Waals surface area contributed by atoms with Gasteiger partial charge in [0, 0.05) is 13.1 Å². The highest BCUT2D eigenvalue weighted by atomic mass is 15.1. The van der Waals surface area contributed by atoms with E-state index >= 15 is 0 Å². The molecular weight excluding hydrogens is 208 g/mol. The molecule has 0 unspecified atom stereocenters. The fourth-order valence-corrected chi connectivity index (χ4v) is 3.12. The van der Waals surface area contributed by atoms with E-state index in [0.717, 1.165) is 13.1 Å². The molecule has 0 saturated carbocycles. The number of nitrogens with zero attached hydrogens (tertiary/aromatic N) is 1. The summed E-state index contributed by atoms with van der Waals surface area (Å²) in [5.74, 6) is 0. The molecule has 0 atom stereocenters. The van der Waals surface area contributed by atoms with E-state index in [1.807, 2.05) is 0 Å². The van der Waals surface area contributed by atoms with Gasteiger partial charge in [-0.25, -0.2) is 0 Å². The van der Waals surface area contributed by atoms with Gasteiger partial charge in [0.25, 0.3) is 0 Å². The lowest BCUT2D eigenvalue weighted by Crippen LogP contribution is -2.31. The number of nitrogens with one attached hydrogen (secondary N) is 1. The highest BCUT2D eigenvalue weighted by Crippen LogP contribution is 2.21. The summed E-state index contributed by atoms with van der Waals surface area (Å²) in [6.07, 6.45) is 5.40. The second-order valence-corrected chi connectivity index (χ2v) is 5.32. The smallest absolute Gasteiger partial charge is 0.0236 e. The third-order valence-corrected chi connectivity index (χ3v) is 4.08. The van der Waals surface area contributed by atoms with Crippen molar-refractivity contribution >= 4 is 0 Å². The zero-order valence-corrected chi connectivity index (χ0v) is 10.5. The maximum atomic E-state index is 3.46. The predicted octanol–water partition coefficient (Wildman–Crippen LogP) is 2.32. The average Bonchev–Trinajstić information content (AvgIpc) is 2.40. The standard InChI is InChI=1S/C15H22N2/c1-2-9-17(10-3-1)12-14-6-4-5-13-11-16-8-7-15(13)14/h4-6,16H,1-3,7-12H2. The van der Waals surface area contributed by atoms with Crippen molar-refractivity contribution in [2.45, 2.75) is 38.8 Å². The van der Waals surface area contributed by atoms with Crippen LogP contribution < -0.4 is 5.32 Å². The zero-order valence-electron chi connectivity index (χ0n) is 10.5. The molecule has 2 nitrogen and oxygen atoms in total. The van der Waals surface area contributed by atoms with Crippen LogP contribution in [0.4, 0.5) is 0 Å². The Labute approximate surface area is 104 Å². The Hall–Kier alpha value is -0.860. The van der Waals surface area contributed by atoms with Crippen molar-refractivity contribution in [3.05, 3.63) is 34.9 Å². The summed E-state index contributed by atoms with van der Waals surface area (Å²) >= 11 is 0. The van der Waals surface area contributed by atoms with Crippen LogP contribution in [0.5, 0.6) is 0 Å². The predicted molar refractivity (Wildman–Crippen MR) is 71.0 cm³/mol. The third kappa shape index (κ3) is 2.53. The summed E-state index contributed by atoms with van der Waals surface area (Å²) in [5, 5.41) is 3.46. The summed E-state index contributed by atoms with van der Waals surface area (Å²) in [6.45, 7) is 5.96. The number of hydrogen-bond donors (Lipinski definition) is 1. The first-order chi connectivity index (χ1) is 8.43. The number of hydrogen-bond acceptors (Lipinski definition) is 2. The number of rotatable bonds is 2. The average molecular weight is 230 g/mol. The van der Waals surface area contributed by atoms with Gasteiger partial charge in [-0.05, 0) is 55.6 Å². The fraction of sp³-hybridized carbons (Fsp3) is 0.600. The minimum absolute atomic E-state index is 1.06. The molecule has 3 rings (SSSR count). The number of likely N-dealkylation sites (tertiary alicyclic amines) is 1. The van der Waals surface area contributed by atoms with Crippen LogP contribution >= 0.6 is 0 Å². The molecule has 2 heterocycles. The quantitative estimate of drug-likeness (QED) is 0.839. The Morgan fingerprint density at radius 1 is 1.12 bits per heavy atom. The first-order valence-electron chi connectivity index (χ1n) is 6.96. The molecule has 0 spiro atoms. The van der Waals surface area contributed by atoms with Crippen LogP contribution in [-0.2, 0) is 19.5 Å². The monoisotopic (exact) mass is 230 g/mol. The van der Waals surface area contributed by atoms with Crippen molar-refractivity contribution in [2.24, 2.45) is 0 Å². The van der Waals surface area contributed by atoms with Crippen molar-refractivity contribution in [3.8, 4) is 0 Å². The van der Waals surface area contributed by atoms with Gasteiger partial charge in [-0.3, -0.25) is 4.90 Å². The van der Waals surface area contributed by atoms with Crippen LogP contribution in [0, 0.1) is 0 Å². The topological polar surface area (TPSA) is 15.3 Å². The molecule has 2 heteroatoms. The summed E-state index contributed by atoms with van der Waals surface area (Å²) in [5.41, 5.74) is 4.72. The molecule has 0 radical (unpaired) electrons. The van der Waals surface area contributed by atoms with E-state index in [0.29, 0.717) is 0 Å². The van der Waals surface area contributed by atoms with Crippen molar-refractivity contribution in [2.75, 3.05) is 19.6 Å². The SMILES string of the molecule is c1cc2c(c(CN3CCCCC3)c1)CCNC2.